The highest BCUT2D eigenvalue weighted by atomic mass is 35.5. The Kier molecular flexibility index (Phi) is 3.07. The number of hydrogen-bond acceptors (Lipinski definition) is 3. The first-order valence-corrected chi connectivity index (χ1v) is 5.82. The molecule has 0 bridgehead atoms. The molecule has 0 aromatic carbocycles. The lowest BCUT2D eigenvalue weighted by molar-refractivity contribution is -0.00791. The van der Waals surface area contributed by atoms with Gasteiger partial charge < -0.3 is 4.74 Å². The van der Waals surface area contributed by atoms with Crippen LogP contribution < -0.4 is 0 Å². The molecule has 1 aliphatic heterocycles. The van der Waals surface area contributed by atoms with Gasteiger partial charge in [-0.15, -0.1) is 11.3 Å². The van der Waals surface area contributed by atoms with E-state index in [0.717, 1.165) is 29.3 Å². The van der Waals surface area contributed by atoms with Crippen molar-refractivity contribution < 1.29 is 4.74 Å². The fourth-order valence-corrected chi connectivity index (χ4v) is 2.87. The normalized spacial score (nSPS) is 27.1. The molecule has 0 saturated carbocycles. The van der Waals surface area contributed by atoms with Crippen LogP contribution in [-0.4, -0.2) is 6.61 Å². The van der Waals surface area contributed by atoms with Crippen molar-refractivity contribution in [1.29, 1.82) is 5.26 Å². The Morgan fingerprint density at radius 3 is 3.14 bits per heavy atom. The third kappa shape index (κ3) is 1.93. The lowest BCUT2D eigenvalue weighted by Gasteiger charge is -2.26. The van der Waals surface area contributed by atoms with E-state index in [4.69, 9.17) is 21.6 Å². The van der Waals surface area contributed by atoms with E-state index in [-0.39, 0.29) is 12.0 Å². The Morgan fingerprint density at radius 2 is 2.50 bits per heavy atom. The molecule has 2 rings (SSSR count). The molecule has 1 aromatic heterocycles. The van der Waals surface area contributed by atoms with E-state index in [1.54, 1.807) is 11.3 Å². The molecule has 1 aliphatic rings. The second-order valence-corrected chi connectivity index (χ2v) is 4.72. The largest absolute Gasteiger partial charge is 0.371 e. The zero-order valence-electron chi connectivity index (χ0n) is 7.57. The van der Waals surface area contributed by atoms with Crippen LogP contribution in [-0.2, 0) is 4.74 Å². The molecule has 0 amide bonds. The van der Waals surface area contributed by atoms with Gasteiger partial charge in [0.25, 0.3) is 0 Å². The predicted molar refractivity (Wildman–Crippen MR) is 56.4 cm³/mol. The van der Waals surface area contributed by atoms with E-state index in [1.807, 2.05) is 11.4 Å². The van der Waals surface area contributed by atoms with E-state index < -0.39 is 0 Å². The third-order valence-electron chi connectivity index (χ3n) is 2.36. The molecule has 1 fully saturated rings. The minimum atomic E-state index is -0.0637. The molecule has 2 nitrogen and oxygen atoms in total. The second-order valence-electron chi connectivity index (χ2n) is 3.34. The smallest absolute Gasteiger partial charge is 0.107 e. The summed E-state index contributed by atoms with van der Waals surface area (Å²) in [6, 6.07) is 4.20. The van der Waals surface area contributed by atoms with Gasteiger partial charge in [-0.25, -0.2) is 0 Å². The van der Waals surface area contributed by atoms with Crippen molar-refractivity contribution in [2.75, 3.05) is 6.61 Å². The lowest BCUT2D eigenvalue weighted by atomic mass is 9.95. The van der Waals surface area contributed by atoms with Gasteiger partial charge in [0.15, 0.2) is 0 Å². The number of ether oxygens (including phenoxy) is 1. The summed E-state index contributed by atoms with van der Waals surface area (Å²) in [6.07, 6.45) is 1.84. The lowest BCUT2D eigenvalue weighted by Crippen LogP contribution is -2.20. The van der Waals surface area contributed by atoms with Gasteiger partial charge in [-0.05, 0) is 18.9 Å². The number of hydrogen-bond donors (Lipinski definition) is 0. The maximum atomic E-state index is 8.97. The molecule has 2 heterocycles. The topological polar surface area (TPSA) is 33.0 Å². The summed E-state index contributed by atoms with van der Waals surface area (Å²) in [7, 11) is 0. The van der Waals surface area contributed by atoms with Crippen molar-refractivity contribution in [1.82, 2.24) is 0 Å². The average molecular weight is 228 g/mol. The van der Waals surface area contributed by atoms with Crippen molar-refractivity contribution in [3.63, 3.8) is 0 Å². The van der Waals surface area contributed by atoms with Crippen molar-refractivity contribution in [3.05, 3.63) is 21.3 Å². The first kappa shape index (κ1) is 9.97. The molecule has 4 heteroatoms. The number of nitrogens with zero attached hydrogens (tertiary/aromatic N) is 1. The maximum absolute atomic E-state index is 8.97. The van der Waals surface area contributed by atoms with E-state index in [0.29, 0.717) is 0 Å². The highest BCUT2D eigenvalue weighted by molar-refractivity contribution is 7.10. The summed E-state index contributed by atoms with van der Waals surface area (Å²) < 4.78 is 5.61. The number of rotatable bonds is 1. The summed E-state index contributed by atoms with van der Waals surface area (Å²) in [4.78, 5) is 1.07. The summed E-state index contributed by atoms with van der Waals surface area (Å²) in [5, 5.41) is 11.6. The standard InChI is InChI=1S/C10H10ClNOS/c11-8-4-9(14-6-8)10-7(5-12)2-1-3-13-10/h4,6-7,10H,1-3H2. The molecule has 0 radical (unpaired) electrons. The van der Waals surface area contributed by atoms with E-state index >= 15 is 0 Å². The van der Waals surface area contributed by atoms with Crippen LogP contribution in [0.5, 0.6) is 0 Å². The third-order valence-corrected chi connectivity index (χ3v) is 3.70. The molecule has 2 unspecified atom stereocenters. The zero-order chi connectivity index (χ0) is 9.97. The predicted octanol–water partition coefficient (Wildman–Crippen LogP) is 3.39. The number of nitriles is 1. The SMILES string of the molecule is N#CC1CCCOC1c1cc(Cl)cs1. The summed E-state index contributed by atoms with van der Waals surface area (Å²) in [5.41, 5.74) is 0. The Morgan fingerprint density at radius 1 is 1.64 bits per heavy atom. The highest BCUT2D eigenvalue weighted by Crippen LogP contribution is 2.37. The fourth-order valence-electron chi connectivity index (χ4n) is 1.67. The molecule has 1 saturated heterocycles. The van der Waals surface area contributed by atoms with Gasteiger partial charge >= 0.3 is 0 Å². The van der Waals surface area contributed by atoms with Crippen molar-refractivity contribution in [3.8, 4) is 6.07 Å². The van der Waals surface area contributed by atoms with Gasteiger partial charge in [-0.1, -0.05) is 11.6 Å². The molecular formula is C10H10ClNOS. The van der Waals surface area contributed by atoms with Crippen molar-refractivity contribution >= 4 is 22.9 Å². The summed E-state index contributed by atoms with van der Waals surface area (Å²) in [6.45, 7) is 0.748. The highest BCUT2D eigenvalue weighted by Gasteiger charge is 2.28. The Labute approximate surface area is 92.1 Å². The van der Waals surface area contributed by atoms with Crippen LogP contribution in [0.3, 0.4) is 0 Å². The molecule has 0 spiro atoms. The second kappa shape index (κ2) is 4.31. The summed E-state index contributed by atoms with van der Waals surface area (Å²) >= 11 is 7.41. The molecule has 0 aliphatic carbocycles. The monoisotopic (exact) mass is 227 g/mol. The van der Waals surface area contributed by atoms with Crippen LogP contribution >= 0.6 is 22.9 Å². The van der Waals surface area contributed by atoms with E-state index in [2.05, 4.69) is 6.07 Å². The first-order chi connectivity index (χ1) is 6.81. The van der Waals surface area contributed by atoms with Crippen LogP contribution in [0.2, 0.25) is 5.02 Å². The minimum Gasteiger partial charge on any atom is -0.371 e. The number of halogens is 1. The van der Waals surface area contributed by atoms with Crippen molar-refractivity contribution in [2.24, 2.45) is 5.92 Å². The van der Waals surface area contributed by atoms with Crippen LogP contribution in [0.15, 0.2) is 11.4 Å². The van der Waals surface area contributed by atoms with Gasteiger partial charge in [0.1, 0.15) is 6.10 Å². The van der Waals surface area contributed by atoms with Crippen LogP contribution in [0.4, 0.5) is 0 Å². The summed E-state index contributed by atoms with van der Waals surface area (Å²) in [5.74, 6) is -0.0153. The van der Waals surface area contributed by atoms with Crippen molar-refractivity contribution in [2.45, 2.75) is 18.9 Å². The molecule has 0 N–H and O–H groups in total. The van der Waals surface area contributed by atoms with Crippen LogP contribution in [0.25, 0.3) is 0 Å². The van der Waals surface area contributed by atoms with Crippen LogP contribution in [0, 0.1) is 17.2 Å². The maximum Gasteiger partial charge on any atom is 0.107 e. The molecule has 1 aromatic rings. The Hall–Kier alpha value is -0.560. The average Bonchev–Trinajstić information content (AvgIpc) is 2.65. The van der Waals surface area contributed by atoms with Gasteiger partial charge in [0.2, 0.25) is 0 Å². The Balaban J connectivity index is 2.19. The van der Waals surface area contributed by atoms with E-state index in [1.165, 1.54) is 0 Å². The van der Waals surface area contributed by atoms with Gasteiger partial charge in [0.05, 0.1) is 17.0 Å². The Bertz CT molecular complexity index is 357. The van der Waals surface area contributed by atoms with Gasteiger partial charge in [-0.2, -0.15) is 5.26 Å². The van der Waals surface area contributed by atoms with E-state index in [9.17, 15) is 0 Å². The molecule has 14 heavy (non-hydrogen) atoms. The molecular weight excluding hydrogens is 218 g/mol. The van der Waals surface area contributed by atoms with Gasteiger partial charge in [0, 0.05) is 16.9 Å². The molecule has 2 atom stereocenters. The first-order valence-electron chi connectivity index (χ1n) is 4.56. The molecule has 74 valence electrons. The van der Waals surface area contributed by atoms with Gasteiger partial charge in [-0.3, -0.25) is 0 Å². The fraction of sp³-hybridized carbons (Fsp3) is 0.500. The number of thiophene rings is 1. The quantitative estimate of drug-likeness (QED) is 0.737. The zero-order valence-corrected chi connectivity index (χ0v) is 9.14. The minimum absolute atomic E-state index is 0.0153. The van der Waals surface area contributed by atoms with Crippen LogP contribution in [0.1, 0.15) is 23.8 Å².